The smallest absolute Gasteiger partial charge is 0.287 e. The number of hydrogen-bond acceptors (Lipinski definition) is 5. The van der Waals surface area contributed by atoms with Crippen LogP contribution in [0, 0.1) is 0 Å². The maximum Gasteiger partial charge on any atom is 0.287 e. The van der Waals surface area contributed by atoms with Crippen molar-refractivity contribution >= 4 is 44.6 Å². The van der Waals surface area contributed by atoms with E-state index in [-0.39, 0.29) is 18.2 Å². The normalized spacial score (nSPS) is 10.7. The van der Waals surface area contributed by atoms with E-state index in [1.807, 2.05) is 12.1 Å². The minimum absolute atomic E-state index is 0.0825. The van der Waals surface area contributed by atoms with Crippen molar-refractivity contribution in [2.75, 3.05) is 11.9 Å². The molecular weight excluding hydrogens is 354 g/mol. The summed E-state index contributed by atoms with van der Waals surface area (Å²) < 4.78 is 2.18. The first kappa shape index (κ1) is 14.5. The quantitative estimate of drug-likeness (QED) is 0.854. The van der Waals surface area contributed by atoms with Crippen molar-refractivity contribution in [2.45, 2.75) is 13.1 Å². The molecule has 2 heterocycles. The Hall–Kier alpha value is -0.890. The van der Waals surface area contributed by atoms with E-state index in [1.165, 1.54) is 6.20 Å². The molecule has 0 aliphatic rings. The highest BCUT2D eigenvalue weighted by Crippen LogP contribution is 2.23. The molecule has 2 N–H and O–H groups in total. The predicted octanol–water partition coefficient (Wildman–Crippen LogP) is 2.33. The maximum absolute atomic E-state index is 11.8. The molecule has 0 unspecified atom stereocenters. The van der Waals surface area contributed by atoms with Crippen LogP contribution < -0.4 is 10.9 Å². The molecule has 0 spiro atoms. The van der Waals surface area contributed by atoms with Crippen LogP contribution >= 0.6 is 38.9 Å². The number of anilines is 1. The van der Waals surface area contributed by atoms with Crippen LogP contribution in [-0.2, 0) is 13.1 Å². The fourth-order valence-corrected chi connectivity index (χ4v) is 3.11. The van der Waals surface area contributed by atoms with Gasteiger partial charge >= 0.3 is 0 Å². The van der Waals surface area contributed by atoms with Crippen LogP contribution in [0.1, 0.15) is 4.88 Å². The fourth-order valence-electron chi connectivity index (χ4n) is 1.47. The van der Waals surface area contributed by atoms with Gasteiger partial charge in [0, 0.05) is 11.4 Å². The van der Waals surface area contributed by atoms with E-state index in [0.717, 1.165) is 13.3 Å². The van der Waals surface area contributed by atoms with E-state index in [1.54, 1.807) is 11.3 Å². The molecule has 2 aromatic heterocycles. The van der Waals surface area contributed by atoms with Crippen LogP contribution in [0.25, 0.3) is 0 Å². The Morgan fingerprint density at radius 3 is 2.95 bits per heavy atom. The number of aliphatic hydroxyl groups excluding tert-OH is 1. The van der Waals surface area contributed by atoms with Gasteiger partial charge in [0.05, 0.1) is 28.8 Å². The third kappa shape index (κ3) is 3.56. The first-order valence-corrected chi connectivity index (χ1v) is 7.45. The molecule has 0 aliphatic heterocycles. The van der Waals surface area contributed by atoms with Crippen molar-refractivity contribution in [3.8, 4) is 0 Å². The van der Waals surface area contributed by atoms with Crippen LogP contribution in [0.3, 0.4) is 0 Å². The Kier molecular flexibility index (Phi) is 4.98. The van der Waals surface area contributed by atoms with Gasteiger partial charge in [-0.25, -0.2) is 4.68 Å². The highest BCUT2D eigenvalue weighted by molar-refractivity contribution is 9.11. The molecule has 102 valence electrons. The second-order valence-electron chi connectivity index (χ2n) is 3.68. The number of nitrogens with zero attached hydrogens (tertiary/aromatic N) is 2. The van der Waals surface area contributed by atoms with Crippen LogP contribution in [0.4, 0.5) is 5.69 Å². The minimum Gasteiger partial charge on any atom is -0.394 e. The molecule has 0 bridgehead atoms. The number of aliphatic hydroxyl groups is 1. The molecule has 0 atom stereocenters. The second kappa shape index (κ2) is 6.51. The number of halogens is 2. The SMILES string of the molecule is O=c1c(Cl)c(NCc2ccc(Br)s2)cnn1CCO. The van der Waals surface area contributed by atoms with Gasteiger partial charge in [0.25, 0.3) is 5.56 Å². The van der Waals surface area contributed by atoms with Gasteiger partial charge in [0.2, 0.25) is 0 Å². The van der Waals surface area contributed by atoms with E-state index in [9.17, 15) is 4.79 Å². The molecule has 0 aromatic carbocycles. The summed E-state index contributed by atoms with van der Waals surface area (Å²) in [6.07, 6.45) is 1.49. The lowest BCUT2D eigenvalue weighted by Gasteiger charge is -2.08. The second-order valence-corrected chi connectivity index (χ2v) is 6.61. The third-order valence-corrected chi connectivity index (χ3v) is 4.37. The molecule has 2 rings (SSSR count). The first-order chi connectivity index (χ1) is 9.11. The summed E-state index contributed by atoms with van der Waals surface area (Å²) in [5, 5.41) is 15.9. The Morgan fingerprint density at radius 2 is 2.32 bits per heavy atom. The van der Waals surface area contributed by atoms with Gasteiger partial charge < -0.3 is 10.4 Å². The summed E-state index contributed by atoms with van der Waals surface area (Å²) >= 11 is 11.0. The topological polar surface area (TPSA) is 67.2 Å². The van der Waals surface area contributed by atoms with Gasteiger partial charge in [-0.1, -0.05) is 11.6 Å². The Balaban J connectivity index is 2.13. The van der Waals surface area contributed by atoms with Crippen molar-refractivity contribution in [2.24, 2.45) is 0 Å². The Labute approximate surface area is 127 Å². The molecule has 2 aromatic rings. The molecule has 0 saturated heterocycles. The van der Waals surface area contributed by atoms with Gasteiger partial charge in [0.1, 0.15) is 5.02 Å². The van der Waals surface area contributed by atoms with E-state index in [2.05, 4.69) is 26.3 Å². The molecule has 0 saturated carbocycles. The molecule has 0 aliphatic carbocycles. The summed E-state index contributed by atoms with van der Waals surface area (Å²) in [6, 6.07) is 3.94. The minimum atomic E-state index is -0.409. The monoisotopic (exact) mass is 363 g/mol. The number of nitrogens with one attached hydrogen (secondary N) is 1. The number of rotatable bonds is 5. The highest BCUT2D eigenvalue weighted by atomic mass is 79.9. The molecular formula is C11H11BrClN3O2S. The average molecular weight is 365 g/mol. The highest BCUT2D eigenvalue weighted by Gasteiger charge is 2.09. The summed E-state index contributed by atoms with van der Waals surface area (Å²) in [4.78, 5) is 12.9. The van der Waals surface area contributed by atoms with Crippen molar-refractivity contribution in [3.05, 3.63) is 42.4 Å². The molecule has 0 fully saturated rings. The van der Waals surface area contributed by atoms with Crippen LogP contribution in [0.5, 0.6) is 0 Å². The van der Waals surface area contributed by atoms with E-state index in [4.69, 9.17) is 16.7 Å². The standard InChI is InChI=1S/C11H11BrClN3O2S/c12-9-2-1-7(19-9)5-14-8-6-15-16(3-4-17)11(18)10(8)13/h1-2,6,14,17H,3-5H2. The number of aromatic nitrogens is 2. The van der Waals surface area contributed by atoms with Gasteiger partial charge in [-0.05, 0) is 28.1 Å². The average Bonchev–Trinajstić information content (AvgIpc) is 2.80. The molecule has 8 heteroatoms. The fraction of sp³-hybridized carbons (Fsp3) is 0.273. The number of hydrogen-bond donors (Lipinski definition) is 2. The number of thiophene rings is 1. The first-order valence-electron chi connectivity index (χ1n) is 5.46. The summed E-state index contributed by atoms with van der Waals surface area (Å²) in [7, 11) is 0. The van der Waals surface area contributed by atoms with Gasteiger partial charge in [0.15, 0.2) is 0 Å². The van der Waals surface area contributed by atoms with E-state index in [0.29, 0.717) is 12.2 Å². The lowest BCUT2D eigenvalue weighted by atomic mass is 10.4. The van der Waals surface area contributed by atoms with Crippen molar-refractivity contribution in [1.82, 2.24) is 9.78 Å². The zero-order valence-corrected chi connectivity index (χ0v) is 12.9. The van der Waals surface area contributed by atoms with Crippen molar-refractivity contribution in [3.63, 3.8) is 0 Å². The predicted molar refractivity (Wildman–Crippen MR) is 79.9 cm³/mol. The molecule has 0 amide bonds. The molecule has 19 heavy (non-hydrogen) atoms. The Morgan fingerprint density at radius 1 is 1.53 bits per heavy atom. The molecule has 5 nitrogen and oxygen atoms in total. The maximum atomic E-state index is 11.8. The Bertz CT molecular complexity index is 629. The van der Waals surface area contributed by atoms with E-state index < -0.39 is 5.56 Å². The van der Waals surface area contributed by atoms with Crippen molar-refractivity contribution in [1.29, 1.82) is 0 Å². The largest absolute Gasteiger partial charge is 0.394 e. The summed E-state index contributed by atoms with van der Waals surface area (Å²) in [6.45, 7) is 0.553. The van der Waals surface area contributed by atoms with Crippen LogP contribution in [0.15, 0.2) is 26.9 Å². The van der Waals surface area contributed by atoms with E-state index >= 15 is 0 Å². The molecule has 0 radical (unpaired) electrons. The summed E-state index contributed by atoms with van der Waals surface area (Å²) in [5.74, 6) is 0. The van der Waals surface area contributed by atoms with Gasteiger partial charge in [-0.3, -0.25) is 4.79 Å². The van der Waals surface area contributed by atoms with Crippen LogP contribution in [-0.4, -0.2) is 21.5 Å². The van der Waals surface area contributed by atoms with Gasteiger partial charge in [-0.2, -0.15) is 5.10 Å². The third-order valence-electron chi connectivity index (χ3n) is 2.38. The van der Waals surface area contributed by atoms with Crippen LogP contribution in [0.2, 0.25) is 5.02 Å². The lowest BCUT2D eigenvalue weighted by molar-refractivity contribution is 0.266. The lowest BCUT2D eigenvalue weighted by Crippen LogP contribution is -2.25. The zero-order chi connectivity index (χ0) is 13.8. The van der Waals surface area contributed by atoms with Crippen molar-refractivity contribution < 1.29 is 5.11 Å². The zero-order valence-electron chi connectivity index (χ0n) is 9.77. The summed E-state index contributed by atoms with van der Waals surface area (Å²) in [5.41, 5.74) is 0.0819. The van der Waals surface area contributed by atoms with Gasteiger partial charge in [-0.15, -0.1) is 11.3 Å².